The molecule has 0 radical (unpaired) electrons. The van der Waals surface area contributed by atoms with Gasteiger partial charge in [-0.1, -0.05) is 0 Å². The summed E-state index contributed by atoms with van der Waals surface area (Å²) in [6, 6.07) is 3.22. The summed E-state index contributed by atoms with van der Waals surface area (Å²) >= 11 is 0.983. The highest BCUT2D eigenvalue weighted by atomic mass is 32.2. The van der Waals surface area contributed by atoms with Crippen LogP contribution in [0.15, 0.2) is 23.1 Å². The number of thioether (sulfide) groups is 1. The van der Waals surface area contributed by atoms with Crippen molar-refractivity contribution in [3.05, 3.63) is 29.8 Å². The first-order chi connectivity index (χ1) is 9.69. The lowest BCUT2D eigenvalue weighted by Crippen LogP contribution is -2.47. The molecule has 21 heavy (non-hydrogen) atoms. The molecular formula is C14H20F2N2O2S. The molecule has 0 spiro atoms. The predicted molar refractivity (Wildman–Crippen MR) is 79.3 cm³/mol. The topological polar surface area (TPSA) is 52.6 Å². The van der Waals surface area contributed by atoms with Crippen molar-refractivity contribution in [2.24, 2.45) is 0 Å². The van der Waals surface area contributed by atoms with Gasteiger partial charge in [-0.25, -0.2) is 8.78 Å². The molecule has 0 aromatic heterocycles. The molecule has 4 nitrogen and oxygen atoms in total. The molecule has 0 saturated carbocycles. The molecule has 1 unspecified atom stereocenters. The quantitative estimate of drug-likeness (QED) is 0.748. The zero-order chi connectivity index (χ0) is 16.0. The largest absolute Gasteiger partial charge is 0.387 e. The van der Waals surface area contributed by atoms with Crippen LogP contribution in [0.2, 0.25) is 0 Å². The van der Waals surface area contributed by atoms with E-state index >= 15 is 0 Å². The summed E-state index contributed by atoms with van der Waals surface area (Å²) in [5, 5.41) is 12.6. The van der Waals surface area contributed by atoms with Gasteiger partial charge < -0.3 is 15.3 Å². The second-order valence-electron chi connectivity index (χ2n) is 5.37. The summed E-state index contributed by atoms with van der Waals surface area (Å²) in [7, 11) is 3.65. The van der Waals surface area contributed by atoms with E-state index in [-0.39, 0.29) is 23.1 Å². The van der Waals surface area contributed by atoms with Gasteiger partial charge in [-0.3, -0.25) is 4.79 Å². The summed E-state index contributed by atoms with van der Waals surface area (Å²) in [4.78, 5) is 13.7. The van der Waals surface area contributed by atoms with Crippen molar-refractivity contribution in [3.8, 4) is 0 Å². The first-order valence-corrected chi connectivity index (χ1v) is 7.40. The van der Waals surface area contributed by atoms with Crippen LogP contribution < -0.4 is 5.32 Å². The molecule has 118 valence electrons. The van der Waals surface area contributed by atoms with Crippen molar-refractivity contribution in [1.29, 1.82) is 0 Å². The highest BCUT2D eigenvalue weighted by Crippen LogP contribution is 2.22. The number of benzene rings is 1. The second-order valence-corrected chi connectivity index (χ2v) is 6.39. The van der Waals surface area contributed by atoms with Gasteiger partial charge in [-0.2, -0.15) is 0 Å². The Morgan fingerprint density at radius 3 is 2.67 bits per heavy atom. The van der Waals surface area contributed by atoms with Gasteiger partial charge in [-0.05, 0) is 33.2 Å². The molecule has 1 amide bonds. The molecule has 0 bridgehead atoms. The Hall–Kier alpha value is -1.18. The zero-order valence-corrected chi connectivity index (χ0v) is 13.1. The molecule has 0 aliphatic carbocycles. The van der Waals surface area contributed by atoms with E-state index in [2.05, 4.69) is 5.32 Å². The highest BCUT2D eigenvalue weighted by molar-refractivity contribution is 8.00. The van der Waals surface area contributed by atoms with Crippen molar-refractivity contribution in [3.63, 3.8) is 0 Å². The van der Waals surface area contributed by atoms with E-state index in [0.717, 1.165) is 23.9 Å². The van der Waals surface area contributed by atoms with Crippen LogP contribution in [0.3, 0.4) is 0 Å². The lowest BCUT2D eigenvalue weighted by Gasteiger charge is -2.27. The molecule has 0 heterocycles. The predicted octanol–water partition coefficient (Wildman–Crippen LogP) is 1.49. The average molecular weight is 318 g/mol. The van der Waals surface area contributed by atoms with Crippen LogP contribution in [0.4, 0.5) is 8.78 Å². The Labute approximate surface area is 127 Å². The molecule has 0 fully saturated rings. The maximum absolute atomic E-state index is 13.4. The van der Waals surface area contributed by atoms with E-state index in [9.17, 15) is 18.7 Å². The van der Waals surface area contributed by atoms with Gasteiger partial charge in [0, 0.05) is 24.1 Å². The summed E-state index contributed by atoms with van der Waals surface area (Å²) in [5.41, 5.74) is -1.04. The average Bonchev–Trinajstić information content (AvgIpc) is 2.34. The van der Waals surface area contributed by atoms with Crippen molar-refractivity contribution < 1.29 is 18.7 Å². The monoisotopic (exact) mass is 318 g/mol. The van der Waals surface area contributed by atoms with Crippen molar-refractivity contribution in [1.82, 2.24) is 10.2 Å². The number of amides is 1. The molecule has 1 aromatic rings. The standard InChI is InChI=1S/C14H20F2N2O2S/c1-14(20,9-18(2)3)8-17-13(19)7-21-12-5-4-10(15)6-11(12)16/h4-6,20H,7-9H2,1-3H3,(H,17,19). The fourth-order valence-electron chi connectivity index (χ4n) is 1.81. The van der Waals surface area contributed by atoms with E-state index in [0.29, 0.717) is 6.54 Å². The lowest BCUT2D eigenvalue weighted by molar-refractivity contribution is -0.119. The summed E-state index contributed by atoms with van der Waals surface area (Å²) in [6.45, 7) is 2.14. The SMILES string of the molecule is CN(C)CC(C)(O)CNC(=O)CSc1ccc(F)cc1F. The van der Waals surface area contributed by atoms with Crippen LogP contribution in [0.1, 0.15) is 6.92 Å². The molecule has 7 heteroatoms. The van der Waals surface area contributed by atoms with Crippen LogP contribution in [-0.2, 0) is 4.79 Å². The van der Waals surface area contributed by atoms with Crippen molar-refractivity contribution >= 4 is 17.7 Å². The summed E-state index contributed by atoms with van der Waals surface area (Å²) in [5.74, 6) is -1.66. The third-order valence-corrected chi connectivity index (χ3v) is 3.62. The van der Waals surface area contributed by atoms with Gasteiger partial charge >= 0.3 is 0 Å². The summed E-state index contributed by atoms with van der Waals surface area (Å²) in [6.07, 6.45) is 0. The molecule has 0 aliphatic heterocycles. The molecule has 0 saturated heterocycles. The van der Waals surface area contributed by atoms with Gasteiger partial charge in [0.05, 0.1) is 11.4 Å². The van der Waals surface area contributed by atoms with Crippen LogP contribution in [0.25, 0.3) is 0 Å². The number of carbonyl (C=O) groups is 1. The zero-order valence-electron chi connectivity index (χ0n) is 12.3. The Balaban J connectivity index is 2.41. The molecular weight excluding hydrogens is 298 g/mol. The highest BCUT2D eigenvalue weighted by Gasteiger charge is 2.22. The molecule has 1 atom stereocenters. The van der Waals surface area contributed by atoms with Gasteiger partial charge in [0.1, 0.15) is 11.6 Å². The first kappa shape index (κ1) is 17.9. The maximum Gasteiger partial charge on any atom is 0.230 e. The third kappa shape index (κ3) is 6.88. The minimum atomic E-state index is -1.04. The molecule has 1 aromatic carbocycles. The van der Waals surface area contributed by atoms with Crippen LogP contribution >= 0.6 is 11.8 Å². The number of likely N-dealkylation sites (N-methyl/N-ethyl adjacent to an activating group) is 1. The van der Waals surface area contributed by atoms with Crippen molar-refractivity contribution in [2.45, 2.75) is 17.4 Å². The van der Waals surface area contributed by atoms with Crippen LogP contribution in [0.5, 0.6) is 0 Å². The Morgan fingerprint density at radius 1 is 1.43 bits per heavy atom. The number of nitrogens with one attached hydrogen (secondary N) is 1. The van der Waals surface area contributed by atoms with Crippen LogP contribution in [-0.4, -0.2) is 54.5 Å². The second kappa shape index (κ2) is 7.72. The van der Waals surface area contributed by atoms with Gasteiger partial charge in [0.25, 0.3) is 0 Å². The first-order valence-electron chi connectivity index (χ1n) is 6.41. The number of hydrogen-bond acceptors (Lipinski definition) is 4. The number of carbonyl (C=O) groups excluding carboxylic acids is 1. The molecule has 2 N–H and O–H groups in total. The Kier molecular flexibility index (Phi) is 6.57. The number of aliphatic hydroxyl groups is 1. The lowest BCUT2D eigenvalue weighted by atomic mass is 10.1. The van der Waals surface area contributed by atoms with E-state index in [4.69, 9.17) is 0 Å². The number of nitrogens with zero attached hydrogens (tertiary/aromatic N) is 1. The van der Waals surface area contributed by atoms with E-state index in [1.54, 1.807) is 6.92 Å². The van der Waals surface area contributed by atoms with Crippen LogP contribution in [0, 0.1) is 11.6 Å². The third-order valence-electron chi connectivity index (χ3n) is 2.58. The van der Waals surface area contributed by atoms with E-state index < -0.39 is 17.2 Å². The molecule has 0 aliphatic rings. The minimum Gasteiger partial charge on any atom is -0.387 e. The van der Waals surface area contributed by atoms with Gasteiger partial charge in [0.15, 0.2) is 0 Å². The maximum atomic E-state index is 13.4. The number of hydrogen-bond donors (Lipinski definition) is 2. The summed E-state index contributed by atoms with van der Waals surface area (Å²) < 4.78 is 26.1. The fraction of sp³-hybridized carbons (Fsp3) is 0.500. The smallest absolute Gasteiger partial charge is 0.230 e. The Morgan fingerprint density at radius 2 is 2.10 bits per heavy atom. The van der Waals surface area contributed by atoms with Gasteiger partial charge in [-0.15, -0.1) is 11.8 Å². The fourth-order valence-corrected chi connectivity index (χ4v) is 2.56. The number of rotatable bonds is 7. The van der Waals surface area contributed by atoms with E-state index in [1.807, 2.05) is 19.0 Å². The minimum absolute atomic E-state index is 0.000592. The molecule has 1 rings (SSSR count). The number of halogens is 2. The van der Waals surface area contributed by atoms with Crippen molar-refractivity contribution in [2.75, 3.05) is 32.9 Å². The van der Waals surface area contributed by atoms with Gasteiger partial charge in [0.2, 0.25) is 5.91 Å². The van der Waals surface area contributed by atoms with E-state index in [1.165, 1.54) is 6.07 Å². The Bertz CT molecular complexity index is 496. The normalized spacial score (nSPS) is 14.0.